The molecule has 0 bridgehead atoms. The molecule has 0 aliphatic heterocycles. The fourth-order valence-electron chi connectivity index (χ4n) is 1.05. The van der Waals surface area contributed by atoms with Crippen LogP contribution in [0.1, 0.15) is 33.1 Å². The van der Waals surface area contributed by atoms with Crippen molar-refractivity contribution >= 4 is 11.9 Å². The summed E-state index contributed by atoms with van der Waals surface area (Å²) in [6.07, 6.45) is 1.86. The number of carbonyl (C=O) groups excluding carboxylic acids is 2. The Morgan fingerprint density at radius 1 is 1.00 bits per heavy atom. The summed E-state index contributed by atoms with van der Waals surface area (Å²) < 4.78 is 9.70. The summed E-state index contributed by atoms with van der Waals surface area (Å²) in [5, 5.41) is 0. The molecule has 0 atom stereocenters. The molecule has 0 aromatic rings. The summed E-state index contributed by atoms with van der Waals surface area (Å²) in [5.74, 6) is -0.987. The van der Waals surface area contributed by atoms with E-state index in [9.17, 15) is 9.59 Å². The Kier molecular flexibility index (Phi) is 7.76. The molecule has 0 aliphatic carbocycles. The van der Waals surface area contributed by atoms with Gasteiger partial charge in [0.15, 0.2) is 0 Å². The molecule has 0 fully saturated rings. The molecule has 0 unspecified atom stereocenters. The van der Waals surface area contributed by atoms with Crippen LogP contribution < -0.4 is 0 Å². The van der Waals surface area contributed by atoms with Gasteiger partial charge < -0.3 is 9.47 Å². The highest BCUT2D eigenvalue weighted by atomic mass is 16.5. The van der Waals surface area contributed by atoms with Crippen LogP contribution in [0.5, 0.6) is 0 Å². The number of hydrogen-bond acceptors (Lipinski definition) is 4. The van der Waals surface area contributed by atoms with Crippen molar-refractivity contribution in [1.82, 2.24) is 0 Å². The van der Waals surface area contributed by atoms with Crippen molar-refractivity contribution in [3.05, 3.63) is 24.3 Å². The van der Waals surface area contributed by atoms with Gasteiger partial charge in [0.1, 0.15) is 0 Å². The van der Waals surface area contributed by atoms with E-state index in [0.717, 1.165) is 12.8 Å². The second kappa shape index (κ2) is 8.56. The van der Waals surface area contributed by atoms with Crippen molar-refractivity contribution in [2.75, 3.05) is 13.2 Å². The van der Waals surface area contributed by atoms with Gasteiger partial charge in [-0.2, -0.15) is 0 Å². The molecule has 0 spiro atoms. The Balaban J connectivity index is 4.03. The highest BCUT2D eigenvalue weighted by Gasteiger charge is 2.14. The predicted octanol–water partition coefficient (Wildman–Crippen LogP) is 2.40. The van der Waals surface area contributed by atoms with E-state index in [4.69, 9.17) is 9.47 Å². The average molecular weight is 240 g/mol. The third-order valence-corrected chi connectivity index (χ3v) is 2.01. The lowest BCUT2D eigenvalue weighted by Crippen LogP contribution is -2.12. The van der Waals surface area contributed by atoms with E-state index in [1.165, 1.54) is 0 Å². The second-order valence-electron chi connectivity index (χ2n) is 3.59. The maximum atomic E-state index is 11.4. The average Bonchev–Trinajstić information content (AvgIpc) is 2.29. The predicted molar refractivity (Wildman–Crippen MR) is 65.4 cm³/mol. The molecule has 0 N–H and O–H groups in total. The number of carbonyl (C=O) groups is 2. The van der Waals surface area contributed by atoms with Gasteiger partial charge in [-0.05, 0) is 13.3 Å². The number of unbranched alkanes of at least 4 members (excludes halogenated alkanes) is 1. The second-order valence-corrected chi connectivity index (χ2v) is 3.59. The van der Waals surface area contributed by atoms with Gasteiger partial charge in [0, 0.05) is 17.6 Å². The summed E-state index contributed by atoms with van der Waals surface area (Å²) in [7, 11) is 0. The third kappa shape index (κ3) is 6.56. The van der Waals surface area contributed by atoms with Crippen molar-refractivity contribution in [3.8, 4) is 0 Å². The Labute approximate surface area is 102 Å². The lowest BCUT2D eigenvalue weighted by atomic mass is 10.1. The highest BCUT2D eigenvalue weighted by Crippen LogP contribution is 2.11. The summed E-state index contributed by atoms with van der Waals surface area (Å²) >= 11 is 0. The van der Waals surface area contributed by atoms with E-state index in [1.54, 1.807) is 6.92 Å². The van der Waals surface area contributed by atoms with E-state index in [2.05, 4.69) is 13.2 Å². The van der Waals surface area contributed by atoms with Gasteiger partial charge in [-0.1, -0.05) is 26.5 Å². The van der Waals surface area contributed by atoms with Gasteiger partial charge in [0.05, 0.1) is 13.2 Å². The van der Waals surface area contributed by atoms with Gasteiger partial charge in [-0.15, -0.1) is 0 Å². The summed E-state index contributed by atoms with van der Waals surface area (Å²) in [5.41, 5.74) is 0.434. The number of ether oxygens (including phenoxy) is 2. The van der Waals surface area contributed by atoms with E-state index in [1.807, 2.05) is 6.92 Å². The zero-order valence-electron chi connectivity index (χ0n) is 10.6. The fraction of sp³-hybridized carbons (Fsp3) is 0.538. The summed E-state index contributed by atoms with van der Waals surface area (Å²) in [4.78, 5) is 22.7. The molecule has 4 heteroatoms. The first-order valence-electron chi connectivity index (χ1n) is 5.72. The number of rotatable bonds is 8. The summed E-state index contributed by atoms with van der Waals surface area (Å²) in [6.45, 7) is 11.5. The summed E-state index contributed by atoms with van der Waals surface area (Å²) in [6, 6.07) is 0. The smallest absolute Gasteiger partial charge is 0.333 e. The molecule has 4 nitrogen and oxygen atoms in total. The first-order chi connectivity index (χ1) is 8.02. The van der Waals surface area contributed by atoms with Crippen LogP contribution in [0.15, 0.2) is 24.3 Å². The van der Waals surface area contributed by atoms with Gasteiger partial charge >= 0.3 is 11.9 Å². The van der Waals surface area contributed by atoms with Gasteiger partial charge in [-0.3, -0.25) is 0 Å². The Hall–Kier alpha value is -1.58. The zero-order chi connectivity index (χ0) is 13.3. The lowest BCUT2D eigenvalue weighted by molar-refractivity contribution is -0.139. The van der Waals surface area contributed by atoms with Crippen LogP contribution >= 0.6 is 0 Å². The molecule has 0 aromatic carbocycles. The highest BCUT2D eigenvalue weighted by molar-refractivity contribution is 5.93. The van der Waals surface area contributed by atoms with Crippen LogP contribution in [0.3, 0.4) is 0 Å². The number of esters is 2. The van der Waals surface area contributed by atoms with Crippen molar-refractivity contribution in [2.45, 2.75) is 33.1 Å². The van der Waals surface area contributed by atoms with Crippen molar-refractivity contribution in [1.29, 1.82) is 0 Å². The number of hydrogen-bond donors (Lipinski definition) is 0. The standard InChI is InChI=1S/C13H20O4/c1-5-7-8-17-13(15)11(4)9-10(3)12(14)16-6-2/h3-9H2,1-2H3. The van der Waals surface area contributed by atoms with Crippen LogP contribution in [0.4, 0.5) is 0 Å². The van der Waals surface area contributed by atoms with Crippen molar-refractivity contribution in [3.63, 3.8) is 0 Å². The third-order valence-electron chi connectivity index (χ3n) is 2.01. The Bertz CT molecular complexity index is 305. The first kappa shape index (κ1) is 15.4. The Morgan fingerprint density at radius 3 is 2.00 bits per heavy atom. The lowest BCUT2D eigenvalue weighted by Gasteiger charge is -2.08. The molecule has 0 rings (SSSR count). The monoisotopic (exact) mass is 240 g/mol. The minimum atomic E-state index is -0.505. The maximum Gasteiger partial charge on any atom is 0.333 e. The SMILES string of the molecule is C=C(CC(=C)C(=O)OCCCC)C(=O)OCC. The topological polar surface area (TPSA) is 52.6 Å². The quantitative estimate of drug-likeness (QED) is 0.371. The van der Waals surface area contributed by atoms with Crippen molar-refractivity contribution in [2.24, 2.45) is 0 Å². The molecule has 17 heavy (non-hydrogen) atoms. The van der Waals surface area contributed by atoms with Crippen LogP contribution in [-0.2, 0) is 19.1 Å². The Morgan fingerprint density at radius 2 is 1.53 bits per heavy atom. The largest absolute Gasteiger partial charge is 0.463 e. The van der Waals surface area contributed by atoms with E-state index in [0.29, 0.717) is 6.61 Å². The van der Waals surface area contributed by atoms with Crippen molar-refractivity contribution < 1.29 is 19.1 Å². The molecule has 0 heterocycles. The molecule has 0 saturated carbocycles. The van der Waals surface area contributed by atoms with Gasteiger partial charge in [0.2, 0.25) is 0 Å². The molecular weight excluding hydrogens is 220 g/mol. The molecular formula is C13H20O4. The fourth-order valence-corrected chi connectivity index (χ4v) is 1.05. The van der Waals surface area contributed by atoms with Gasteiger partial charge in [-0.25, -0.2) is 9.59 Å². The first-order valence-corrected chi connectivity index (χ1v) is 5.72. The molecule has 96 valence electrons. The molecule has 0 aromatic heterocycles. The van der Waals surface area contributed by atoms with Crippen LogP contribution in [0.2, 0.25) is 0 Å². The normalized spacial score (nSPS) is 9.53. The molecule has 0 radical (unpaired) electrons. The minimum absolute atomic E-state index is 0.0871. The van der Waals surface area contributed by atoms with Crippen LogP contribution in [-0.4, -0.2) is 25.2 Å². The molecule has 0 amide bonds. The minimum Gasteiger partial charge on any atom is -0.463 e. The zero-order valence-corrected chi connectivity index (χ0v) is 10.6. The molecule has 0 aliphatic rings. The van der Waals surface area contributed by atoms with E-state index < -0.39 is 11.9 Å². The van der Waals surface area contributed by atoms with Gasteiger partial charge in [0.25, 0.3) is 0 Å². The maximum absolute atomic E-state index is 11.4. The van der Waals surface area contributed by atoms with Crippen LogP contribution in [0.25, 0.3) is 0 Å². The van der Waals surface area contributed by atoms with E-state index in [-0.39, 0.29) is 24.2 Å². The molecule has 0 saturated heterocycles. The van der Waals surface area contributed by atoms with E-state index >= 15 is 0 Å². The van der Waals surface area contributed by atoms with Crippen LogP contribution in [0, 0.1) is 0 Å².